The van der Waals surface area contributed by atoms with E-state index in [1.807, 2.05) is 25.1 Å². The molecule has 0 bridgehead atoms. The van der Waals surface area contributed by atoms with Crippen LogP contribution in [0.4, 0.5) is 0 Å². The van der Waals surface area contributed by atoms with Crippen LogP contribution in [0, 0.1) is 0 Å². The molecule has 0 saturated heterocycles. The molecule has 0 fully saturated rings. The molecule has 0 atom stereocenters. The van der Waals surface area contributed by atoms with Gasteiger partial charge in [0.15, 0.2) is 5.65 Å². The van der Waals surface area contributed by atoms with Gasteiger partial charge in [-0.1, -0.05) is 0 Å². The number of nitrogens with one attached hydrogen (secondary N) is 1. The summed E-state index contributed by atoms with van der Waals surface area (Å²) in [6, 6.07) is 9.12. The number of hydrogen-bond acceptors (Lipinski definition) is 6. The van der Waals surface area contributed by atoms with Crippen LogP contribution in [-0.4, -0.2) is 46.4 Å². The third-order valence-corrected chi connectivity index (χ3v) is 4.33. The van der Waals surface area contributed by atoms with Crippen molar-refractivity contribution in [2.45, 2.75) is 6.92 Å². The molecule has 4 aromatic rings. The number of rotatable bonds is 7. The molecule has 0 unspecified atom stereocenters. The number of fused-ring (bicyclic) bond motifs is 2. The van der Waals surface area contributed by atoms with Crippen molar-refractivity contribution < 1.29 is 14.2 Å². The first kappa shape index (κ1) is 18.0. The Morgan fingerprint density at radius 2 is 1.86 bits per heavy atom. The van der Waals surface area contributed by atoms with Crippen LogP contribution in [0.1, 0.15) is 6.92 Å². The molecule has 0 saturated carbocycles. The topological polar surface area (TPSA) is 91.3 Å². The zero-order chi connectivity index (χ0) is 19.5. The summed E-state index contributed by atoms with van der Waals surface area (Å²) in [6.07, 6.45) is 3.30. The summed E-state index contributed by atoms with van der Waals surface area (Å²) in [4.78, 5) is 24.1. The Labute approximate surface area is 160 Å². The van der Waals surface area contributed by atoms with Gasteiger partial charge in [-0.15, -0.1) is 0 Å². The van der Waals surface area contributed by atoms with E-state index in [2.05, 4.69) is 15.0 Å². The van der Waals surface area contributed by atoms with E-state index in [9.17, 15) is 4.79 Å². The maximum absolute atomic E-state index is 12.7. The highest BCUT2D eigenvalue weighted by Crippen LogP contribution is 2.29. The van der Waals surface area contributed by atoms with Crippen molar-refractivity contribution in [1.82, 2.24) is 19.5 Å². The average molecular weight is 380 g/mol. The number of pyridine rings is 2. The van der Waals surface area contributed by atoms with E-state index in [0.29, 0.717) is 48.2 Å². The quantitative estimate of drug-likeness (QED) is 0.496. The number of hydrogen-bond donors (Lipinski definition) is 1. The smallest absolute Gasteiger partial charge is 0.332 e. The summed E-state index contributed by atoms with van der Waals surface area (Å²) >= 11 is 0. The largest absolute Gasteiger partial charge is 0.491 e. The third kappa shape index (κ3) is 3.18. The van der Waals surface area contributed by atoms with E-state index in [1.54, 1.807) is 36.2 Å². The molecule has 144 valence electrons. The van der Waals surface area contributed by atoms with E-state index >= 15 is 0 Å². The van der Waals surface area contributed by atoms with Crippen molar-refractivity contribution in [3.63, 3.8) is 0 Å². The second-order valence-corrected chi connectivity index (χ2v) is 6.06. The highest BCUT2D eigenvalue weighted by molar-refractivity contribution is 5.88. The molecule has 1 N–H and O–H groups in total. The zero-order valence-corrected chi connectivity index (χ0v) is 15.6. The van der Waals surface area contributed by atoms with E-state index < -0.39 is 0 Å². The fourth-order valence-corrected chi connectivity index (χ4v) is 3.13. The maximum atomic E-state index is 12.7. The Hall–Kier alpha value is -3.39. The van der Waals surface area contributed by atoms with Crippen LogP contribution in [0.2, 0.25) is 0 Å². The molecule has 8 nitrogen and oxygen atoms in total. The molecular formula is C20H20N4O4. The predicted octanol–water partition coefficient (Wildman–Crippen LogP) is 2.69. The molecule has 0 aliphatic carbocycles. The molecule has 1 aromatic carbocycles. The standard InChI is InChI=1S/C20H20N4O4/c1-3-27-17-7-9-22-19-18(17)24(20(25)23-19)13-4-5-15-14(12-13)16(6-8-21-15)28-11-10-26-2/h4-9,12H,3,10-11H2,1-2H3,(H,22,23,25). The van der Waals surface area contributed by atoms with Crippen molar-refractivity contribution in [2.24, 2.45) is 0 Å². The maximum Gasteiger partial charge on any atom is 0.332 e. The third-order valence-electron chi connectivity index (χ3n) is 4.33. The first-order valence-electron chi connectivity index (χ1n) is 8.96. The normalized spacial score (nSPS) is 11.2. The van der Waals surface area contributed by atoms with Crippen LogP contribution in [-0.2, 0) is 4.74 Å². The summed E-state index contributed by atoms with van der Waals surface area (Å²) in [5, 5.41) is 0.805. The summed E-state index contributed by atoms with van der Waals surface area (Å²) in [6.45, 7) is 3.28. The number of aromatic nitrogens is 4. The number of benzene rings is 1. The Kier molecular flexibility index (Phi) is 4.94. The van der Waals surface area contributed by atoms with Crippen LogP contribution in [0.25, 0.3) is 27.8 Å². The molecule has 28 heavy (non-hydrogen) atoms. The molecular weight excluding hydrogens is 360 g/mol. The molecule has 0 aliphatic heterocycles. The van der Waals surface area contributed by atoms with Gasteiger partial charge in [0, 0.05) is 31.0 Å². The Balaban J connectivity index is 1.89. The van der Waals surface area contributed by atoms with Gasteiger partial charge >= 0.3 is 5.69 Å². The van der Waals surface area contributed by atoms with Crippen LogP contribution in [0.15, 0.2) is 47.5 Å². The molecule has 3 heterocycles. The highest BCUT2D eigenvalue weighted by Gasteiger charge is 2.16. The van der Waals surface area contributed by atoms with Gasteiger partial charge < -0.3 is 14.2 Å². The second-order valence-electron chi connectivity index (χ2n) is 6.06. The Bertz CT molecular complexity index is 1180. The summed E-state index contributed by atoms with van der Waals surface area (Å²) < 4.78 is 18.1. The lowest BCUT2D eigenvalue weighted by Gasteiger charge is -2.11. The monoisotopic (exact) mass is 380 g/mol. The van der Waals surface area contributed by atoms with Gasteiger partial charge in [0.05, 0.1) is 24.4 Å². The molecule has 4 rings (SSSR count). The fourth-order valence-electron chi connectivity index (χ4n) is 3.13. The van der Waals surface area contributed by atoms with Crippen molar-refractivity contribution in [1.29, 1.82) is 0 Å². The van der Waals surface area contributed by atoms with Gasteiger partial charge in [-0.2, -0.15) is 0 Å². The van der Waals surface area contributed by atoms with Gasteiger partial charge in [0.25, 0.3) is 0 Å². The lowest BCUT2D eigenvalue weighted by atomic mass is 10.1. The lowest BCUT2D eigenvalue weighted by molar-refractivity contribution is 0.147. The molecule has 0 spiro atoms. The molecule has 0 radical (unpaired) electrons. The van der Waals surface area contributed by atoms with Crippen molar-refractivity contribution in [2.75, 3.05) is 26.9 Å². The van der Waals surface area contributed by atoms with E-state index in [-0.39, 0.29) is 5.69 Å². The molecule has 0 amide bonds. The molecule has 3 aromatic heterocycles. The van der Waals surface area contributed by atoms with Gasteiger partial charge in [0.1, 0.15) is 23.6 Å². The van der Waals surface area contributed by atoms with Gasteiger partial charge in [0.2, 0.25) is 0 Å². The minimum absolute atomic E-state index is 0.292. The zero-order valence-electron chi connectivity index (χ0n) is 15.6. The predicted molar refractivity (Wildman–Crippen MR) is 106 cm³/mol. The van der Waals surface area contributed by atoms with Crippen LogP contribution in [0.5, 0.6) is 11.5 Å². The first-order valence-corrected chi connectivity index (χ1v) is 8.96. The first-order chi connectivity index (χ1) is 13.7. The van der Waals surface area contributed by atoms with Crippen molar-refractivity contribution in [3.8, 4) is 17.2 Å². The lowest BCUT2D eigenvalue weighted by Crippen LogP contribution is -2.15. The van der Waals surface area contributed by atoms with Gasteiger partial charge in [-0.3, -0.25) is 14.5 Å². The molecule has 0 aliphatic rings. The van der Waals surface area contributed by atoms with Crippen LogP contribution >= 0.6 is 0 Å². The SMILES string of the molecule is CCOc1ccnc2[nH]c(=O)n(-c3ccc4nccc(OCCOC)c4c3)c12. The highest BCUT2D eigenvalue weighted by atomic mass is 16.5. The fraction of sp³-hybridized carbons (Fsp3) is 0.250. The van der Waals surface area contributed by atoms with Crippen molar-refractivity contribution in [3.05, 3.63) is 53.2 Å². The average Bonchev–Trinajstić information content (AvgIpc) is 3.05. The van der Waals surface area contributed by atoms with Gasteiger partial charge in [-0.05, 0) is 31.2 Å². The minimum Gasteiger partial charge on any atom is -0.491 e. The Morgan fingerprint density at radius 1 is 1.04 bits per heavy atom. The number of methoxy groups -OCH3 is 1. The van der Waals surface area contributed by atoms with E-state index in [4.69, 9.17) is 14.2 Å². The number of H-pyrrole nitrogens is 1. The Morgan fingerprint density at radius 3 is 2.68 bits per heavy atom. The minimum atomic E-state index is -0.292. The summed E-state index contributed by atoms with van der Waals surface area (Å²) in [7, 11) is 1.62. The van der Waals surface area contributed by atoms with Crippen LogP contribution in [0.3, 0.4) is 0 Å². The number of nitrogens with zero attached hydrogens (tertiary/aromatic N) is 3. The van der Waals surface area contributed by atoms with E-state index in [0.717, 1.165) is 10.9 Å². The number of ether oxygens (including phenoxy) is 3. The van der Waals surface area contributed by atoms with Crippen LogP contribution < -0.4 is 15.2 Å². The number of imidazole rings is 1. The van der Waals surface area contributed by atoms with Crippen molar-refractivity contribution >= 4 is 22.1 Å². The summed E-state index contributed by atoms with van der Waals surface area (Å²) in [5.41, 5.74) is 2.22. The number of aromatic amines is 1. The molecule has 8 heteroatoms. The second kappa shape index (κ2) is 7.69. The van der Waals surface area contributed by atoms with Gasteiger partial charge in [-0.25, -0.2) is 9.78 Å². The van der Waals surface area contributed by atoms with E-state index in [1.165, 1.54) is 0 Å². The summed E-state index contributed by atoms with van der Waals surface area (Å²) in [5.74, 6) is 1.27.